The van der Waals surface area contributed by atoms with Crippen LogP contribution in [0.3, 0.4) is 0 Å². The zero-order valence-corrected chi connectivity index (χ0v) is 9.67. The fourth-order valence-corrected chi connectivity index (χ4v) is 1.57. The summed E-state index contributed by atoms with van der Waals surface area (Å²) in [6.07, 6.45) is -5.62. The van der Waals surface area contributed by atoms with Crippen LogP contribution in [0, 0.1) is 0 Å². The molecule has 3 N–H and O–H groups in total. The molecule has 94 valence electrons. The van der Waals surface area contributed by atoms with Crippen molar-refractivity contribution in [1.82, 2.24) is 4.98 Å². The maximum atomic E-state index is 12.1. The summed E-state index contributed by atoms with van der Waals surface area (Å²) in [4.78, 5) is 14.0. The molecule has 0 spiro atoms. The molecule has 1 aromatic rings. The minimum Gasteiger partial charge on any atom is -0.481 e. The highest BCUT2D eigenvalue weighted by molar-refractivity contribution is 9.10. The first-order chi connectivity index (χ1) is 7.69. The van der Waals surface area contributed by atoms with Gasteiger partial charge in [0.2, 0.25) is 0 Å². The summed E-state index contributed by atoms with van der Waals surface area (Å²) >= 11 is 2.90. The van der Waals surface area contributed by atoms with Gasteiger partial charge in [-0.3, -0.25) is 4.79 Å². The van der Waals surface area contributed by atoms with E-state index in [0.717, 1.165) is 6.07 Å². The van der Waals surface area contributed by atoms with Crippen LogP contribution in [0.1, 0.15) is 5.56 Å². The molecule has 0 fully saturated rings. The SMILES string of the molecule is Nc1nc(Br)cc(CC(=O)O)c1OC(F)(F)F. The number of nitrogens with zero attached hydrogens (tertiary/aromatic N) is 1. The first-order valence-electron chi connectivity index (χ1n) is 4.11. The molecule has 0 atom stereocenters. The van der Waals surface area contributed by atoms with Gasteiger partial charge in [0.05, 0.1) is 6.42 Å². The van der Waals surface area contributed by atoms with Gasteiger partial charge in [0.15, 0.2) is 11.6 Å². The minimum atomic E-state index is -4.96. The van der Waals surface area contributed by atoms with Crippen molar-refractivity contribution in [1.29, 1.82) is 0 Å². The molecule has 1 aromatic heterocycles. The predicted molar refractivity (Wildman–Crippen MR) is 54.4 cm³/mol. The number of anilines is 1. The molecule has 1 rings (SSSR count). The van der Waals surface area contributed by atoms with Crippen molar-refractivity contribution in [3.63, 3.8) is 0 Å². The maximum Gasteiger partial charge on any atom is 0.573 e. The average molecular weight is 315 g/mol. The molecule has 1 heterocycles. The van der Waals surface area contributed by atoms with Gasteiger partial charge >= 0.3 is 12.3 Å². The van der Waals surface area contributed by atoms with Gasteiger partial charge in [-0.05, 0) is 22.0 Å². The van der Waals surface area contributed by atoms with Crippen LogP contribution in [-0.2, 0) is 11.2 Å². The maximum absolute atomic E-state index is 12.1. The summed E-state index contributed by atoms with van der Waals surface area (Å²) in [5.41, 5.74) is 5.03. The van der Waals surface area contributed by atoms with Crippen molar-refractivity contribution in [3.05, 3.63) is 16.2 Å². The predicted octanol–water partition coefficient (Wildman–Crippen LogP) is 1.95. The van der Waals surface area contributed by atoms with E-state index in [1.54, 1.807) is 0 Å². The molecule has 9 heteroatoms. The number of ether oxygens (including phenoxy) is 1. The van der Waals surface area contributed by atoms with E-state index in [1.807, 2.05) is 0 Å². The number of carbonyl (C=O) groups is 1. The van der Waals surface area contributed by atoms with Crippen molar-refractivity contribution < 1.29 is 27.8 Å². The summed E-state index contributed by atoms with van der Waals surface area (Å²) in [5.74, 6) is -2.63. The fraction of sp³-hybridized carbons (Fsp3) is 0.250. The third-order valence-electron chi connectivity index (χ3n) is 1.60. The zero-order valence-electron chi connectivity index (χ0n) is 8.08. The summed E-state index contributed by atoms with van der Waals surface area (Å²) in [6.45, 7) is 0. The molecule has 17 heavy (non-hydrogen) atoms. The number of alkyl halides is 3. The zero-order chi connectivity index (χ0) is 13.2. The molecule has 0 amide bonds. The third-order valence-corrected chi connectivity index (χ3v) is 2.01. The number of carboxylic acid groups (broad SMARTS) is 1. The smallest absolute Gasteiger partial charge is 0.481 e. The van der Waals surface area contributed by atoms with E-state index in [9.17, 15) is 18.0 Å². The van der Waals surface area contributed by atoms with Crippen LogP contribution in [-0.4, -0.2) is 22.4 Å². The molecule has 0 aliphatic heterocycles. The van der Waals surface area contributed by atoms with Crippen LogP contribution in [0.4, 0.5) is 19.0 Å². The molecule has 0 unspecified atom stereocenters. The van der Waals surface area contributed by atoms with Gasteiger partial charge in [-0.1, -0.05) is 0 Å². The number of hydrogen-bond donors (Lipinski definition) is 2. The number of nitrogen functional groups attached to an aromatic ring is 1. The van der Waals surface area contributed by atoms with E-state index in [4.69, 9.17) is 10.8 Å². The second-order valence-electron chi connectivity index (χ2n) is 2.94. The van der Waals surface area contributed by atoms with Crippen molar-refractivity contribution >= 4 is 27.7 Å². The highest BCUT2D eigenvalue weighted by Crippen LogP contribution is 2.32. The summed E-state index contributed by atoms with van der Waals surface area (Å²) in [7, 11) is 0. The minimum absolute atomic E-state index is 0.126. The molecular weight excluding hydrogens is 309 g/mol. The topological polar surface area (TPSA) is 85.4 Å². The molecular formula is C8H6BrF3N2O3. The van der Waals surface area contributed by atoms with E-state index in [1.165, 1.54) is 0 Å². The van der Waals surface area contributed by atoms with Gasteiger partial charge in [0.1, 0.15) is 4.60 Å². The molecule has 0 aromatic carbocycles. The molecule has 0 saturated heterocycles. The number of nitrogens with two attached hydrogens (primary N) is 1. The van der Waals surface area contributed by atoms with E-state index in [0.29, 0.717) is 0 Å². The first kappa shape index (κ1) is 13.6. The Balaban J connectivity index is 3.20. The molecule has 0 bridgehead atoms. The van der Waals surface area contributed by atoms with Crippen LogP contribution in [0.25, 0.3) is 0 Å². The molecule has 0 aliphatic rings. The quantitative estimate of drug-likeness (QED) is 0.833. The highest BCUT2D eigenvalue weighted by Gasteiger charge is 2.33. The Labute approximate surface area is 102 Å². The highest BCUT2D eigenvalue weighted by atomic mass is 79.9. The van der Waals surface area contributed by atoms with E-state index in [2.05, 4.69) is 25.7 Å². The number of carboxylic acids is 1. The largest absolute Gasteiger partial charge is 0.573 e. The van der Waals surface area contributed by atoms with Crippen LogP contribution < -0.4 is 10.5 Å². The molecule has 0 saturated carbocycles. The average Bonchev–Trinajstić information content (AvgIpc) is 2.08. The Hall–Kier alpha value is -1.51. The summed E-state index contributed by atoms with van der Waals surface area (Å²) in [6, 6.07) is 1.10. The van der Waals surface area contributed by atoms with Crippen LogP contribution in [0.15, 0.2) is 10.7 Å². The van der Waals surface area contributed by atoms with Gasteiger partial charge in [0.25, 0.3) is 0 Å². The van der Waals surface area contributed by atoms with Gasteiger partial charge in [-0.25, -0.2) is 4.98 Å². The lowest BCUT2D eigenvalue weighted by molar-refractivity contribution is -0.274. The Bertz CT molecular complexity index is 450. The third kappa shape index (κ3) is 4.10. The number of hydrogen-bond acceptors (Lipinski definition) is 4. The van der Waals surface area contributed by atoms with E-state index in [-0.39, 0.29) is 10.2 Å². The molecule has 0 radical (unpaired) electrons. The Morgan fingerprint density at radius 2 is 2.18 bits per heavy atom. The van der Waals surface area contributed by atoms with Gasteiger partial charge in [-0.15, -0.1) is 13.2 Å². The van der Waals surface area contributed by atoms with Crippen molar-refractivity contribution in [3.8, 4) is 5.75 Å². The lowest BCUT2D eigenvalue weighted by Gasteiger charge is -2.14. The number of aliphatic carboxylic acids is 1. The normalized spacial score (nSPS) is 11.3. The van der Waals surface area contributed by atoms with Crippen LogP contribution in [0.5, 0.6) is 5.75 Å². The fourth-order valence-electron chi connectivity index (χ4n) is 1.10. The first-order valence-corrected chi connectivity index (χ1v) is 4.91. The van der Waals surface area contributed by atoms with Gasteiger partial charge in [0, 0.05) is 5.56 Å². The van der Waals surface area contributed by atoms with E-state index >= 15 is 0 Å². The lowest BCUT2D eigenvalue weighted by Crippen LogP contribution is -2.20. The summed E-state index contributed by atoms with van der Waals surface area (Å²) in [5, 5.41) is 8.56. The number of aromatic nitrogens is 1. The Morgan fingerprint density at radius 1 is 1.59 bits per heavy atom. The number of halogens is 4. The Kier molecular flexibility index (Phi) is 3.81. The van der Waals surface area contributed by atoms with Gasteiger partial charge in [-0.2, -0.15) is 0 Å². The van der Waals surface area contributed by atoms with Crippen molar-refractivity contribution in [2.75, 3.05) is 5.73 Å². The van der Waals surface area contributed by atoms with E-state index < -0.39 is 30.3 Å². The Morgan fingerprint density at radius 3 is 2.65 bits per heavy atom. The molecule has 5 nitrogen and oxygen atoms in total. The molecule has 0 aliphatic carbocycles. The second-order valence-corrected chi connectivity index (χ2v) is 3.75. The van der Waals surface area contributed by atoms with Crippen molar-refractivity contribution in [2.45, 2.75) is 12.8 Å². The number of pyridine rings is 1. The standard InChI is InChI=1S/C8H6BrF3N2O3/c9-4-1-3(2-5(15)16)6(7(13)14-4)17-8(10,11)12/h1H,2H2,(H2,13,14)(H,15,16). The van der Waals surface area contributed by atoms with Gasteiger partial charge < -0.3 is 15.6 Å². The lowest BCUT2D eigenvalue weighted by atomic mass is 10.2. The van der Waals surface area contributed by atoms with Crippen LogP contribution >= 0.6 is 15.9 Å². The van der Waals surface area contributed by atoms with Crippen LogP contribution in [0.2, 0.25) is 0 Å². The monoisotopic (exact) mass is 314 g/mol. The van der Waals surface area contributed by atoms with Crippen molar-refractivity contribution in [2.24, 2.45) is 0 Å². The number of rotatable bonds is 3. The summed E-state index contributed by atoms with van der Waals surface area (Å²) < 4.78 is 40.0. The second kappa shape index (κ2) is 4.78.